The summed E-state index contributed by atoms with van der Waals surface area (Å²) in [5.74, 6) is 0. The van der Waals surface area contributed by atoms with Crippen LogP contribution in [0.1, 0.15) is 30.4 Å². The molecule has 1 aliphatic carbocycles. The molecule has 2 rings (SSSR count). The quantitative estimate of drug-likeness (QED) is 0.869. The van der Waals surface area contributed by atoms with Gasteiger partial charge in [-0.15, -0.1) is 11.6 Å². The summed E-state index contributed by atoms with van der Waals surface area (Å²) in [4.78, 5) is 0.321. The minimum atomic E-state index is -3.45. The first-order valence-corrected chi connectivity index (χ1v) is 8.06. The van der Waals surface area contributed by atoms with Gasteiger partial charge in [-0.1, -0.05) is 12.5 Å². The standard InChI is InChI=1S/C13H18ClNO2S/c1-9-6-7-11(8-10(9)2)18(16,17)15-13-5-3-4-12(13)14/h6-8,12-13,15H,3-5H2,1-2H3. The van der Waals surface area contributed by atoms with Gasteiger partial charge in [0.15, 0.2) is 0 Å². The summed E-state index contributed by atoms with van der Waals surface area (Å²) < 4.78 is 27.2. The van der Waals surface area contributed by atoms with Gasteiger partial charge in [0.25, 0.3) is 0 Å². The third-order valence-corrected chi connectivity index (χ3v) is 5.54. The molecule has 1 N–H and O–H groups in total. The predicted octanol–water partition coefficient (Wildman–Crippen LogP) is 2.74. The molecule has 5 heteroatoms. The van der Waals surface area contributed by atoms with Crippen LogP contribution >= 0.6 is 11.6 Å². The van der Waals surface area contributed by atoms with Crippen molar-refractivity contribution in [2.24, 2.45) is 0 Å². The largest absolute Gasteiger partial charge is 0.240 e. The van der Waals surface area contributed by atoms with E-state index in [0.29, 0.717) is 4.90 Å². The molecule has 1 aliphatic rings. The van der Waals surface area contributed by atoms with Crippen LogP contribution in [0.5, 0.6) is 0 Å². The van der Waals surface area contributed by atoms with Crippen LogP contribution in [0.25, 0.3) is 0 Å². The van der Waals surface area contributed by atoms with E-state index in [0.717, 1.165) is 30.4 Å². The molecule has 1 aromatic rings. The SMILES string of the molecule is Cc1ccc(S(=O)(=O)NC2CCCC2Cl)cc1C. The molecule has 18 heavy (non-hydrogen) atoms. The fraction of sp³-hybridized carbons (Fsp3) is 0.538. The van der Waals surface area contributed by atoms with E-state index in [1.165, 1.54) is 0 Å². The molecule has 1 saturated carbocycles. The normalized spacial score (nSPS) is 24.4. The minimum Gasteiger partial charge on any atom is -0.207 e. The van der Waals surface area contributed by atoms with Crippen molar-refractivity contribution in [2.75, 3.05) is 0 Å². The Morgan fingerprint density at radius 2 is 1.94 bits per heavy atom. The molecular formula is C13H18ClNO2S. The number of aryl methyl sites for hydroxylation is 2. The fourth-order valence-electron chi connectivity index (χ4n) is 2.20. The van der Waals surface area contributed by atoms with Gasteiger partial charge in [0.1, 0.15) is 0 Å². The highest BCUT2D eigenvalue weighted by Crippen LogP contribution is 2.26. The maximum absolute atomic E-state index is 12.2. The molecule has 0 aromatic heterocycles. The summed E-state index contributed by atoms with van der Waals surface area (Å²) in [6.07, 6.45) is 2.67. The van der Waals surface area contributed by atoms with Crippen LogP contribution in [-0.4, -0.2) is 19.8 Å². The van der Waals surface area contributed by atoms with Crippen molar-refractivity contribution >= 4 is 21.6 Å². The first-order chi connectivity index (χ1) is 8.40. The Bertz CT molecular complexity index is 542. The van der Waals surface area contributed by atoms with E-state index < -0.39 is 10.0 Å². The van der Waals surface area contributed by atoms with E-state index in [1.54, 1.807) is 12.1 Å². The van der Waals surface area contributed by atoms with Crippen molar-refractivity contribution in [1.29, 1.82) is 0 Å². The number of hydrogen-bond donors (Lipinski definition) is 1. The molecule has 0 aliphatic heterocycles. The van der Waals surface area contributed by atoms with Crippen LogP contribution in [0.3, 0.4) is 0 Å². The number of nitrogens with one attached hydrogen (secondary N) is 1. The van der Waals surface area contributed by atoms with Gasteiger partial charge in [0.05, 0.1) is 4.90 Å². The molecular weight excluding hydrogens is 270 g/mol. The van der Waals surface area contributed by atoms with E-state index >= 15 is 0 Å². The average Bonchev–Trinajstić information content (AvgIpc) is 2.67. The van der Waals surface area contributed by atoms with Crippen LogP contribution in [0.15, 0.2) is 23.1 Å². The molecule has 0 bridgehead atoms. The zero-order valence-electron chi connectivity index (χ0n) is 10.6. The average molecular weight is 288 g/mol. The van der Waals surface area contributed by atoms with E-state index in [1.807, 2.05) is 19.9 Å². The van der Waals surface area contributed by atoms with Crippen molar-refractivity contribution in [1.82, 2.24) is 4.72 Å². The van der Waals surface area contributed by atoms with Crippen LogP contribution in [0.2, 0.25) is 0 Å². The molecule has 0 spiro atoms. The topological polar surface area (TPSA) is 46.2 Å². The zero-order valence-corrected chi connectivity index (χ0v) is 12.2. The molecule has 100 valence electrons. The monoisotopic (exact) mass is 287 g/mol. The maximum atomic E-state index is 12.2. The highest BCUT2D eigenvalue weighted by Gasteiger charge is 2.29. The summed E-state index contributed by atoms with van der Waals surface area (Å²) >= 11 is 6.10. The van der Waals surface area contributed by atoms with Crippen molar-refractivity contribution in [3.8, 4) is 0 Å². The maximum Gasteiger partial charge on any atom is 0.240 e. The Morgan fingerprint density at radius 1 is 1.22 bits per heavy atom. The Labute approximate surface area is 114 Å². The summed E-state index contributed by atoms with van der Waals surface area (Å²) in [6, 6.07) is 5.04. The smallest absolute Gasteiger partial charge is 0.207 e. The number of hydrogen-bond acceptors (Lipinski definition) is 2. The Hall–Kier alpha value is -0.580. The lowest BCUT2D eigenvalue weighted by molar-refractivity contribution is 0.553. The van der Waals surface area contributed by atoms with Gasteiger partial charge in [-0.25, -0.2) is 13.1 Å². The lowest BCUT2D eigenvalue weighted by Gasteiger charge is -2.16. The van der Waals surface area contributed by atoms with Crippen LogP contribution in [0.4, 0.5) is 0 Å². The predicted molar refractivity (Wildman–Crippen MR) is 73.5 cm³/mol. The highest BCUT2D eigenvalue weighted by molar-refractivity contribution is 7.89. The van der Waals surface area contributed by atoms with E-state index in [2.05, 4.69) is 4.72 Å². The molecule has 2 atom stereocenters. The van der Waals surface area contributed by atoms with E-state index in [4.69, 9.17) is 11.6 Å². The van der Waals surface area contributed by atoms with Crippen LogP contribution in [-0.2, 0) is 10.0 Å². The summed E-state index contributed by atoms with van der Waals surface area (Å²) in [7, 11) is -3.45. The summed E-state index contributed by atoms with van der Waals surface area (Å²) in [5, 5.41) is -0.0914. The van der Waals surface area contributed by atoms with Gasteiger partial charge in [0, 0.05) is 11.4 Å². The third-order valence-electron chi connectivity index (χ3n) is 3.53. The first kappa shape index (κ1) is 13.8. The minimum absolute atomic E-state index is 0.0914. The number of benzene rings is 1. The first-order valence-electron chi connectivity index (χ1n) is 6.14. The Balaban J connectivity index is 2.22. The van der Waals surface area contributed by atoms with Gasteiger partial charge in [-0.05, 0) is 49.9 Å². The summed E-state index contributed by atoms with van der Waals surface area (Å²) in [5.41, 5.74) is 2.07. The van der Waals surface area contributed by atoms with Gasteiger partial charge in [-0.2, -0.15) is 0 Å². The van der Waals surface area contributed by atoms with Gasteiger partial charge in [-0.3, -0.25) is 0 Å². The van der Waals surface area contributed by atoms with Crippen molar-refractivity contribution in [3.63, 3.8) is 0 Å². The van der Waals surface area contributed by atoms with Crippen LogP contribution in [0, 0.1) is 13.8 Å². The van der Waals surface area contributed by atoms with Gasteiger partial charge < -0.3 is 0 Å². The van der Waals surface area contributed by atoms with Crippen molar-refractivity contribution in [2.45, 2.75) is 49.4 Å². The van der Waals surface area contributed by atoms with E-state index in [9.17, 15) is 8.42 Å². The third kappa shape index (κ3) is 2.87. The lowest BCUT2D eigenvalue weighted by atomic mass is 10.1. The molecule has 0 amide bonds. The summed E-state index contributed by atoms with van der Waals surface area (Å²) in [6.45, 7) is 3.87. The van der Waals surface area contributed by atoms with Crippen molar-refractivity contribution < 1.29 is 8.42 Å². The molecule has 1 fully saturated rings. The molecule has 2 unspecified atom stereocenters. The number of halogens is 1. The Kier molecular flexibility index (Phi) is 3.99. The number of alkyl halides is 1. The van der Waals surface area contributed by atoms with Gasteiger partial charge in [0.2, 0.25) is 10.0 Å². The molecule has 0 saturated heterocycles. The number of sulfonamides is 1. The lowest BCUT2D eigenvalue weighted by Crippen LogP contribution is -2.37. The van der Waals surface area contributed by atoms with Crippen molar-refractivity contribution in [3.05, 3.63) is 29.3 Å². The molecule has 0 radical (unpaired) electrons. The second-order valence-electron chi connectivity index (χ2n) is 4.92. The fourth-order valence-corrected chi connectivity index (χ4v) is 4.01. The molecule has 1 aromatic carbocycles. The zero-order chi connectivity index (χ0) is 13.3. The second-order valence-corrected chi connectivity index (χ2v) is 7.20. The van der Waals surface area contributed by atoms with Crippen LogP contribution < -0.4 is 4.72 Å². The van der Waals surface area contributed by atoms with E-state index in [-0.39, 0.29) is 11.4 Å². The second kappa shape index (κ2) is 5.19. The molecule has 0 heterocycles. The highest BCUT2D eigenvalue weighted by atomic mass is 35.5. The Morgan fingerprint density at radius 3 is 2.50 bits per heavy atom. The number of rotatable bonds is 3. The van der Waals surface area contributed by atoms with Gasteiger partial charge >= 0.3 is 0 Å². The molecule has 3 nitrogen and oxygen atoms in total.